The van der Waals surface area contributed by atoms with E-state index in [1.807, 2.05) is 19.1 Å². The Morgan fingerprint density at radius 2 is 1.89 bits per heavy atom. The van der Waals surface area contributed by atoms with E-state index >= 15 is 0 Å². The van der Waals surface area contributed by atoms with Crippen LogP contribution in [-0.4, -0.2) is 54.5 Å². The minimum atomic E-state index is -3.55. The Kier molecular flexibility index (Phi) is 6.90. The lowest BCUT2D eigenvalue weighted by Gasteiger charge is -2.07. The molecule has 0 aliphatic heterocycles. The van der Waals surface area contributed by atoms with Crippen molar-refractivity contribution in [3.63, 3.8) is 0 Å². The van der Waals surface area contributed by atoms with E-state index in [2.05, 4.69) is 25.3 Å². The maximum Gasteiger partial charge on any atom is 0.240 e. The molecule has 0 aliphatic rings. The molecule has 9 nitrogen and oxygen atoms in total. The van der Waals surface area contributed by atoms with E-state index in [-0.39, 0.29) is 11.4 Å². The van der Waals surface area contributed by atoms with Crippen molar-refractivity contribution in [1.29, 1.82) is 0 Å². The average Bonchev–Trinajstić information content (AvgIpc) is 3.11. The summed E-state index contributed by atoms with van der Waals surface area (Å²) in [5.41, 5.74) is 0.612. The zero-order valence-corrected chi connectivity index (χ0v) is 16.5. The number of sulfonamides is 1. The van der Waals surface area contributed by atoms with Gasteiger partial charge in [-0.15, -0.1) is 15.3 Å². The van der Waals surface area contributed by atoms with Crippen molar-refractivity contribution in [2.24, 2.45) is 0 Å². The monoisotopic (exact) mass is 404 g/mol. The van der Waals surface area contributed by atoms with Crippen molar-refractivity contribution < 1.29 is 13.2 Å². The van der Waals surface area contributed by atoms with Gasteiger partial charge in [0, 0.05) is 32.7 Å². The summed E-state index contributed by atoms with van der Waals surface area (Å²) < 4.78 is 34.1. The predicted octanol–water partition coefficient (Wildman–Crippen LogP) is 1.48. The summed E-state index contributed by atoms with van der Waals surface area (Å²) in [5, 5.41) is 15.9. The van der Waals surface area contributed by atoms with Gasteiger partial charge in [-0.2, -0.15) is 4.52 Å². The number of ether oxygens (including phenoxy) is 1. The van der Waals surface area contributed by atoms with Crippen molar-refractivity contribution in [3.05, 3.63) is 48.3 Å². The molecule has 0 saturated heterocycles. The predicted molar refractivity (Wildman–Crippen MR) is 106 cm³/mol. The standard InChI is InChI=1S/C18H24N6O3S/c1-2-27-14-6-12-19-16-9-10-17-21-22-18(24(17)23-16)11-13-20-28(25,26)15-7-4-3-5-8-15/h3-5,7-10,20H,2,6,11-14H2,1H3,(H,19,23). The second kappa shape index (κ2) is 9.58. The van der Waals surface area contributed by atoms with Gasteiger partial charge in [-0.1, -0.05) is 18.2 Å². The zero-order chi connectivity index (χ0) is 19.8. The molecule has 0 amide bonds. The molecule has 3 rings (SSSR count). The molecule has 0 aliphatic carbocycles. The second-order valence-electron chi connectivity index (χ2n) is 6.04. The van der Waals surface area contributed by atoms with Crippen molar-refractivity contribution >= 4 is 21.5 Å². The zero-order valence-electron chi connectivity index (χ0n) is 15.7. The molecule has 3 aromatic rings. The van der Waals surface area contributed by atoms with E-state index in [0.717, 1.165) is 13.0 Å². The van der Waals surface area contributed by atoms with Gasteiger partial charge in [-0.3, -0.25) is 0 Å². The van der Waals surface area contributed by atoms with Gasteiger partial charge in [-0.05, 0) is 37.6 Å². The Hall–Kier alpha value is -2.56. The first-order valence-corrected chi connectivity index (χ1v) is 10.7. The molecule has 0 spiro atoms. The highest BCUT2D eigenvalue weighted by molar-refractivity contribution is 7.89. The highest BCUT2D eigenvalue weighted by atomic mass is 32.2. The highest BCUT2D eigenvalue weighted by Gasteiger charge is 2.14. The number of benzene rings is 1. The minimum absolute atomic E-state index is 0.200. The van der Waals surface area contributed by atoms with Crippen LogP contribution in [0.5, 0.6) is 0 Å². The molecule has 2 aromatic heterocycles. The molecule has 0 fully saturated rings. The van der Waals surface area contributed by atoms with Crippen LogP contribution in [0.15, 0.2) is 47.4 Å². The Labute approximate surface area is 164 Å². The van der Waals surface area contributed by atoms with Crippen LogP contribution in [0.1, 0.15) is 19.2 Å². The fourth-order valence-electron chi connectivity index (χ4n) is 2.60. The van der Waals surface area contributed by atoms with Gasteiger partial charge in [0.25, 0.3) is 0 Å². The third-order valence-electron chi connectivity index (χ3n) is 4.00. The van der Waals surface area contributed by atoms with Crippen molar-refractivity contribution in [3.8, 4) is 0 Å². The number of hydrogen-bond acceptors (Lipinski definition) is 7. The maximum absolute atomic E-state index is 12.3. The summed E-state index contributed by atoms with van der Waals surface area (Å²) in [7, 11) is -3.55. The molecular weight excluding hydrogens is 380 g/mol. The van der Waals surface area contributed by atoms with Crippen LogP contribution in [0.3, 0.4) is 0 Å². The summed E-state index contributed by atoms with van der Waals surface area (Å²) in [6, 6.07) is 11.9. The van der Waals surface area contributed by atoms with Gasteiger partial charge >= 0.3 is 0 Å². The van der Waals surface area contributed by atoms with Crippen molar-refractivity contribution in [2.45, 2.75) is 24.7 Å². The van der Waals surface area contributed by atoms with Crippen LogP contribution in [0, 0.1) is 0 Å². The fraction of sp³-hybridized carbons (Fsp3) is 0.389. The molecular formula is C18H24N6O3S. The molecule has 28 heavy (non-hydrogen) atoms. The first-order valence-electron chi connectivity index (χ1n) is 9.18. The molecule has 0 saturated carbocycles. The van der Waals surface area contributed by atoms with Crippen molar-refractivity contribution in [1.82, 2.24) is 24.5 Å². The molecule has 0 unspecified atom stereocenters. The lowest BCUT2D eigenvalue weighted by molar-refractivity contribution is 0.147. The number of nitrogens with zero attached hydrogens (tertiary/aromatic N) is 4. The normalized spacial score (nSPS) is 11.8. The molecule has 10 heteroatoms. The third-order valence-corrected chi connectivity index (χ3v) is 5.47. The number of rotatable bonds is 11. The lowest BCUT2D eigenvalue weighted by atomic mass is 10.4. The molecule has 0 bridgehead atoms. The number of hydrogen-bond donors (Lipinski definition) is 2. The Balaban J connectivity index is 1.59. The first kappa shape index (κ1) is 20.2. The minimum Gasteiger partial charge on any atom is -0.382 e. The number of fused-ring (bicyclic) bond motifs is 1. The van der Waals surface area contributed by atoms with Crippen LogP contribution < -0.4 is 10.0 Å². The summed E-state index contributed by atoms with van der Waals surface area (Å²) in [5.74, 6) is 1.29. The summed E-state index contributed by atoms with van der Waals surface area (Å²) in [6.07, 6.45) is 1.25. The van der Waals surface area contributed by atoms with Crippen LogP contribution in [0.25, 0.3) is 5.65 Å². The quantitative estimate of drug-likeness (QED) is 0.466. The van der Waals surface area contributed by atoms with Crippen LogP contribution in [-0.2, 0) is 21.2 Å². The fourth-order valence-corrected chi connectivity index (χ4v) is 3.65. The number of nitrogens with one attached hydrogen (secondary N) is 2. The van der Waals surface area contributed by atoms with Gasteiger partial charge in [0.1, 0.15) is 5.82 Å². The number of aromatic nitrogens is 4. The molecule has 0 radical (unpaired) electrons. The van der Waals surface area contributed by atoms with Gasteiger partial charge in [-0.25, -0.2) is 13.1 Å². The largest absolute Gasteiger partial charge is 0.382 e. The van der Waals surface area contributed by atoms with Crippen LogP contribution >= 0.6 is 0 Å². The number of anilines is 1. The summed E-state index contributed by atoms with van der Waals surface area (Å²) in [4.78, 5) is 0.234. The molecule has 2 N–H and O–H groups in total. The van der Waals surface area contributed by atoms with Crippen LogP contribution in [0.2, 0.25) is 0 Å². The molecule has 2 heterocycles. The SMILES string of the molecule is CCOCCCNc1ccc2nnc(CCNS(=O)(=O)c3ccccc3)n2n1. The summed E-state index contributed by atoms with van der Waals surface area (Å²) in [6.45, 7) is 4.32. The van der Waals surface area contributed by atoms with Gasteiger partial charge in [0.05, 0.1) is 4.90 Å². The van der Waals surface area contributed by atoms with E-state index in [1.165, 1.54) is 0 Å². The Bertz CT molecular complexity index is 991. The molecule has 150 valence electrons. The average molecular weight is 404 g/mol. The second-order valence-corrected chi connectivity index (χ2v) is 7.81. The highest BCUT2D eigenvalue weighted by Crippen LogP contribution is 2.09. The van der Waals surface area contributed by atoms with E-state index < -0.39 is 10.0 Å². The van der Waals surface area contributed by atoms with E-state index in [9.17, 15) is 8.42 Å². The van der Waals surface area contributed by atoms with E-state index in [4.69, 9.17) is 4.74 Å². The topological polar surface area (TPSA) is 111 Å². The van der Waals surface area contributed by atoms with E-state index in [1.54, 1.807) is 34.8 Å². The van der Waals surface area contributed by atoms with Crippen molar-refractivity contribution in [2.75, 3.05) is 31.6 Å². The molecule has 1 aromatic carbocycles. The van der Waals surface area contributed by atoms with Gasteiger partial charge in [0.2, 0.25) is 10.0 Å². The first-order chi connectivity index (χ1) is 13.6. The van der Waals surface area contributed by atoms with E-state index in [0.29, 0.717) is 36.9 Å². The smallest absolute Gasteiger partial charge is 0.240 e. The van der Waals surface area contributed by atoms with Crippen LogP contribution in [0.4, 0.5) is 5.82 Å². The third kappa shape index (κ3) is 5.24. The molecule has 0 atom stereocenters. The summed E-state index contributed by atoms with van der Waals surface area (Å²) >= 11 is 0. The van der Waals surface area contributed by atoms with Gasteiger partial charge < -0.3 is 10.1 Å². The lowest BCUT2D eigenvalue weighted by Crippen LogP contribution is -2.26. The maximum atomic E-state index is 12.3. The van der Waals surface area contributed by atoms with Gasteiger partial charge in [0.15, 0.2) is 11.5 Å². The Morgan fingerprint density at radius 1 is 1.07 bits per heavy atom. The Morgan fingerprint density at radius 3 is 2.68 bits per heavy atom.